The molecular formula is C29H33F3N2O5. The van der Waals surface area contributed by atoms with E-state index in [-0.39, 0.29) is 17.8 Å². The van der Waals surface area contributed by atoms with Crippen LogP contribution < -0.4 is 10.1 Å². The van der Waals surface area contributed by atoms with Gasteiger partial charge in [0.1, 0.15) is 17.4 Å². The van der Waals surface area contributed by atoms with Crippen LogP contribution in [0.1, 0.15) is 59.2 Å². The van der Waals surface area contributed by atoms with Crippen molar-refractivity contribution < 1.29 is 37.0 Å². The Kier molecular flexibility index (Phi) is 7.37. The number of carbonyl (C=O) groups excluding carboxylic acids is 2. The molecule has 0 spiro atoms. The highest BCUT2D eigenvalue weighted by Gasteiger charge is 2.53. The summed E-state index contributed by atoms with van der Waals surface area (Å²) in [5, 5.41) is 3.33. The Morgan fingerprint density at radius 3 is 2.46 bits per heavy atom. The fourth-order valence-electron chi connectivity index (χ4n) is 5.79. The maximum Gasteiger partial charge on any atom is 0.416 e. The number of ether oxygens (including phenoxy) is 3. The van der Waals surface area contributed by atoms with Gasteiger partial charge in [-0.3, -0.25) is 9.69 Å². The van der Waals surface area contributed by atoms with Gasteiger partial charge in [-0.15, -0.1) is 0 Å². The molecule has 0 aromatic heterocycles. The van der Waals surface area contributed by atoms with Crippen LogP contribution in [-0.4, -0.2) is 61.8 Å². The molecule has 1 N–H and O–H groups in total. The third-order valence-electron chi connectivity index (χ3n) is 8.24. The van der Waals surface area contributed by atoms with Gasteiger partial charge >= 0.3 is 12.1 Å². The first-order chi connectivity index (χ1) is 18.6. The second-order valence-corrected chi connectivity index (χ2v) is 10.7. The van der Waals surface area contributed by atoms with Crippen molar-refractivity contribution in [3.8, 4) is 5.75 Å². The zero-order chi connectivity index (χ0) is 27.8. The summed E-state index contributed by atoms with van der Waals surface area (Å²) in [5.74, 6) is -0.299. The van der Waals surface area contributed by atoms with Crippen molar-refractivity contribution in [1.29, 1.82) is 0 Å². The minimum absolute atomic E-state index is 0.0716. The highest BCUT2D eigenvalue weighted by molar-refractivity contribution is 5.91. The lowest BCUT2D eigenvalue weighted by Crippen LogP contribution is -2.62. The maximum absolute atomic E-state index is 14.0. The second-order valence-electron chi connectivity index (χ2n) is 10.7. The van der Waals surface area contributed by atoms with E-state index in [0.717, 1.165) is 36.1 Å². The summed E-state index contributed by atoms with van der Waals surface area (Å²) in [6, 6.07) is 10.5. The van der Waals surface area contributed by atoms with Crippen LogP contribution in [0.2, 0.25) is 0 Å². The summed E-state index contributed by atoms with van der Waals surface area (Å²) >= 11 is 0. The van der Waals surface area contributed by atoms with Crippen LogP contribution in [0.4, 0.5) is 13.2 Å². The van der Waals surface area contributed by atoms with E-state index in [2.05, 4.69) is 10.2 Å². The maximum atomic E-state index is 14.0. The topological polar surface area (TPSA) is 77.1 Å². The molecule has 1 aliphatic carbocycles. The Labute approximate surface area is 225 Å². The van der Waals surface area contributed by atoms with Gasteiger partial charge in [0.25, 0.3) is 0 Å². The van der Waals surface area contributed by atoms with Gasteiger partial charge in [0.15, 0.2) is 0 Å². The van der Waals surface area contributed by atoms with Gasteiger partial charge in [-0.2, -0.15) is 13.2 Å². The third-order valence-corrected chi connectivity index (χ3v) is 8.24. The van der Waals surface area contributed by atoms with Crippen molar-refractivity contribution in [3.05, 3.63) is 64.7 Å². The van der Waals surface area contributed by atoms with Crippen molar-refractivity contribution >= 4 is 11.9 Å². The van der Waals surface area contributed by atoms with Crippen LogP contribution in [0.25, 0.3) is 0 Å². The van der Waals surface area contributed by atoms with E-state index in [4.69, 9.17) is 14.2 Å². The first kappa shape index (κ1) is 27.5. The highest BCUT2D eigenvalue weighted by atomic mass is 19.4. The lowest BCUT2D eigenvalue weighted by atomic mass is 9.86. The predicted octanol–water partition coefficient (Wildman–Crippen LogP) is 4.61. The normalized spacial score (nSPS) is 22.2. The Morgan fingerprint density at radius 1 is 1.08 bits per heavy atom. The lowest BCUT2D eigenvalue weighted by molar-refractivity contribution is -0.141. The van der Waals surface area contributed by atoms with Crippen molar-refractivity contribution in [1.82, 2.24) is 10.2 Å². The summed E-state index contributed by atoms with van der Waals surface area (Å²) in [5.41, 5.74) is 0.203. The van der Waals surface area contributed by atoms with Crippen molar-refractivity contribution in [2.75, 3.05) is 33.4 Å². The quantitative estimate of drug-likeness (QED) is 0.512. The summed E-state index contributed by atoms with van der Waals surface area (Å²) in [6.45, 7) is 3.77. The lowest BCUT2D eigenvalue weighted by Gasteiger charge is -2.44. The molecule has 1 saturated carbocycles. The SMILES string of the molecule is COC(=O)c1ccc(C2(NC(=O)C3(N4CC[C@@H](Oc5cccc(C(F)(F)F)c5)C4)CCOCC3)CC2)cc1C. The fraction of sp³-hybridized carbons (Fsp3) is 0.517. The van der Waals surface area contributed by atoms with E-state index >= 15 is 0 Å². The number of esters is 1. The van der Waals surface area contributed by atoms with E-state index in [1.54, 1.807) is 6.07 Å². The number of rotatable bonds is 7. The third kappa shape index (κ3) is 5.49. The van der Waals surface area contributed by atoms with E-state index in [9.17, 15) is 22.8 Å². The zero-order valence-corrected chi connectivity index (χ0v) is 22.1. The van der Waals surface area contributed by atoms with Crippen LogP contribution in [-0.2, 0) is 26.0 Å². The number of likely N-dealkylation sites (tertiary alicyclic amines) is 1. The first-order valence-corrected chi connectivity index (χ1v) is 13.3. The van der Waals surface area contributed by atoms with Gasteiger partial charge in [-0.25, -0.2) is 4.79 Å². The minimum atomic E-state index is -4.44. The van der Waals surface area contributed by atoms with Crippen molar-refractivity contribution in [2.45, 2.75) is 62.4 Å². The molecule has 0 radical (unpaired) electrons. The average molecular weight is 547 g/mol. The predicted molar refractivity (Wildman–Crippen MR) is 136 cm³/mol. The number of halogens is 3. The number of hydrogen-bond donors (Lipinski definition) is 1. The standard InChI is InChI=1S/C29H33F3N2O5/c1-19-16-20(6-7-24(19)25(35)37-2)27(9-10-27)33-26(36)28(11-14-38-15-12-28)34-13-8-23(18-34)39-22-5-3-4-21(17-22)29(30,31)32/h3-7,16-17,23H,8-15,18H2,1-2H3,(H,33,36)/t23-/m1/s1. The Bertz CT molecular complexity index is 1240. The second kappa shape index (κ2) is 10.5. The van der Waals surface area contributed by atoms with Crippen molar-refractivity contribution in [3.63, 3.8) is 0 Å². The number of benzene rings is 2. The molecule has 0 bridgehead atoms. The molecule has 2 aliphatic heterocycles. The number of alkyl halides is 3. The van der Waals surface area contributed by atoms with Crippen LogP contribution in [0, 0.1) is 6.92 Å². The number of amides is 1. The number of aryl methyl sites for hydroxylation is 1. The van der Waals surface area contributed by atoms with Gasteiger partial charge in [-0.05, 0) is 74.4 Å². The number of methoxy groups -OCH3 is 1. The van der Waals surface area contributed by atoms with Gasteiger partial charge < -0.3 is 19.5 Å². The number of nitrogens with one attached hydrogen (secondary N) is 1. The van der Waals surface area contributed by atoms with Gasteiger partial charge in [0, 0.05) is 26.3 Å². The molecular weight excluding hydrogens is 513 g/mol. The average Bonchev–Trinajstić information content (AvgIpc) is 3.55. The van der Waals surface area contributed by atoms with Crippen LogP contribution in [0.3, 0.4) is 0 Å². The van der Waals surface area contributed by atoms with E-state index in [1.165, 1.54) is 19.2 Å². The van der Waals surface area contributed by atoms with Crippen LogP contribution in [0.5, 0.6) is 5.75 Å². The van der Waals surface area contributed by atoms with E-state index < -0.39 is 28.8 Å². The van der Waals surface area contributed by atoms with Gasteiger partial charge in [-0.1, -0.05) is 18.2 Å². The Morgan fingerprint density at radius 2 is 1.82 bits per heavy atom. The fourth-order valence-corrected chi connectivity index (χ4v) is 5.79. The molecule has 10 heteroatoms. The molecule has 3 fully saturated rings. The molecule has 2 heterocycles. The number of hydrogen-bond acceptors (Lipinski definition) is 6. The molecule has 5 rings (SSSR count). The smallest absolute Gasteiger partial charge is 0.416 e. The summed E-state index contributed by atoms with van der Waals surface area (Å²) in [7, 11) is 1.35. The molecule has 7 nitrogen and oxygen atoms in total. The van der Waals surface area contributed by atoms with Gasteiger partial charge in [0.05, 0.1) is 23.8 Å². The molecule has 1 amide bonds. The van der Waals surface area contributed by atoms with Gasteiger partial charge in [0.2, 0.25) is 5.91 Å². The largest absolute Gasteiger partial charge is 0.489 e. The van der Waals surface area contributed by atoms with E-state index in [1.807, 2.05) is 19.1 Å². The van der Waals surface area contributed by atoms with Crippen molar-refractivity contribution in [2.24, 2.45) is 0 Å². The zero-order valence-electron chi connectivity index (χ0n) is 22.1. The number of carbonyl (C=O) groups is 2. The molecule has 2 aromatic carbocycles. The van der Waals surface area contributed by atoms with Crippen LogP contribution in [0.15, 0.2) is 42.5 Å². The molecule has 2 aromatic rings. The summed E-state index contributed by atoms with van der Waals surface area (Å²) < 4.78 is 55.8. The molecule has 3 aliphatic rings. The Balaban J connectivity index is 1.31. The first-order valence-electron chi connectivity index (χ1n) is 13.3. The minimum Gasteiger partial charge on any atom is -0.489 e. The molecule has 210 valence electrons. The molecule has 0 unspecified atom stereocenters. The molecule has 2 saturated heterocycles. The summed E-state index contributed by atoms with van der Waals surface area (Å²) in [4.78, 5) is 28.1. The van der Waals surface area contributed by atoms with E-state index in [0.29, 0.717) is 51.1 Å². The number of nitrogens with zero attached hydrogens (tertiary/aromatic N) is 1. The Hall–Kier alpha value is -3.11. The molecule has 39 heavy (non-hydrogen) atoms. The molecule has 1 atom stereocenters. The monoisotopic (exact) mass is 546 g/mol. The van der Waals surface area contributed by atoms with Crippen LogP contribution >= 0.6 is 0 Å². The summed E-state index contributed by atoms with van der Waals surface area (Å²) in [6.07, 6.45) is -1.54. The highest BCUT2D eigenvalue weighted by Crippen LogP contribution is 2.47.